The maximum Gasteiger partial charge on any atom is 0.573 e. The molecule has 24 heavy (non-hydrogen) atoms. The van der Waals surface area contributed by atoms with Crippen molar-refractivity contribution in [3.63, 3.8) is 0 Å². The van der Waals surface area contributed by atoms with E-state index in [1.54, 1.807) is 18.2 Å². The number of carboxylic acid groups (broad SMARTS) is 1. The minimum atomic E-state index is -4.75. The molecule has 1 unspecified atom stereocenters. The van der Waals surface area contributed by atoms with E-state index in [0.29, 0.717) is 27.4 Å². The maximum absolute atomic E-state index is 12.2. The van der Waals surface area contributed by atoms with Crippen LogP contribution in [0.5, 0.6) is 5.75 Å². The number of nitrogens with zero attached hydrogens (tertiary/aromatic N) is 1. The smallest absolute Gasteiger partial charge is 0.480 e. The first-order chi connectivity index (χ1) is 11.2. The van der Waals surface area contributed by atoms with Crippen LogP contribution < -0.4 is 9.80 Å². The first kappa shape index (κ1) is 16.1. The maximum atomic E-state index is 12.2. The van der Waals surface area contributed by atoms with Crippen LogP contribution in [-0.4, -0.2) is 28.7 Å². The third-order valence-corrected chi connectivity index (χ3v) is 3.75. The molecule has 126 valence electrons. The predicted molar refractivity (Wildman–Crippen MR) is 78.0 cm³/mol. The van der Waals surface area contributed by atoms with Crippen molar-refractivity contribution in [2.45, 2.75) is 18.8 Å². The van der Waals surface area contributed by atoms with Crippen LogP contribution in [0.4, 0.5) is 18.9 Å². The molecule has 3 rings (SSSR count). The summed E-state index contributed by atoms with van der Waals surface area (Å²) in [6.07, 6.45) is -4.57. The van der Waals surface area contributed by atoms with Crippen LogP contribution in [0.2, 0.25) is 0 Å². The van der Waals surface area contributed by atoms with Crippen molar-refractivity contribution in [2.75, 3.05) is 5.06 Å². The van der Waals surface area contributed by atoms with Crippen LogP contribution in [0.25, 0.3) is 11.1 Å². The third-order valence-electron chi connectivity index (χ3n) is 3.75. The standard InChI is InChI=1S/C16H12F3NO4/c17-16(18,19)24-12-5-3-9(4-6-12)10-1-2-11-8-14(15(21)22)20(23)13(11)7-10/h1-7,14,23H,8H2,(H,21,22). The molecule has 0 saturated heterocycles. The van der Waals surface area contributed by atoms with Gasteiger partial charge in [-0.3, -0.25) is 5.21 Å². The van der Waals surface area contributed by atoms with Crippen LogP contribution in [0.3, 0.4) is 0 Å². The van der Waals surface area contributed by atoms with Crippen molar-refractivity contribution >= 4 is 11.7 Å². The lowest BCUT2D eigenvalue weighted by Crippen LogP contribution is -2.35. The quantitative estimate of drug-likeness (QED) is 0.896. The fraction of sp³-hybridized carbons (Fsp3) is 0.188. The van der Waals surface area contributed by atoms with Gasteiger partial charge in [0, 0.05) is 6.42 Å². The van der Waals surface area contributed by atoms with Crippen LogP contribution >= 0.6 is 0 Å². The molecule has 1 aliphatic rings. The second-order valence-corrected chi connectivity index (χ2v) is 5.32. The Morgan fingerprint density at radius 3 is 2.33 bits per heavy atom. The van der Waals surface area contributed by atoms with Gasteiger partial charge in [-0.1, -0.05) is 24.3 Å². The zero-order valence-corrected chi connectivity index (χ0v) is 12.1. The molecule has 0 aliphatic carbocycles. The molecule has 0 amide bonds. The minimum absolute atomic E-state index is 0.180. The number of hydrogen-bond acceptors (Lipinski definition) is 4. The molecular formula is C16H12F3NO4. The molecule has 5 nitrogen and oxygen atoms in total. The largest absolute Gasteiger partial charge is 0.573 e. The van der Waals surface area contributed by atoms with E-state index in [4.69, 9.17) is 5.11 Å². The number of hydroxylamine groups is 1. The number of hydrogen-bond donors (Lipinski definition) is 2. The Morgan fingerprint density at radius 1 is 1.12 bits per heavy atom. The van der Waals surface area contributed by atoms with Gasteiger partial charge in [-0.25, -0.2) is 9.86 Å². The SMILES string of the molecule is O=C(O)C1Cc2ccc(-c3ccc(OC(F)(F)F)cc3)cc2N1O. The van der Waals surface area contributed by atoms with Crippen LogP contribution in [0.15, 0.2) is 42.5 Å². The molecule has 8 heteroatoms. The van der Waals surface area contributed by atoms with E-state index in [1.165, 1.54) is 24.3 Å². The number of anilines is 1. The van der Waals surface area contributed by atoms with E-state index in [1.807, 2.05) is 0 Å². The van der Waals surface area contributed by atoms with Gasteiger partial charge >= 0.3 is 12.3 Å². The van der Waals surface area contributed by atoms with Gasteiger partial charge < -0.3 is 9.84 Å². The highest BCUT2D eigenvalue weighted by Crippen LogP contribution is 2.35. The number of benzene rings is 2. The second kappa shape index (κ2) is 5.72. The fourth-order valence-electron chi connectivity index (χ4n) is 2.63. The van der Waals surface area contributed by atoms with Gasteiger partial charge in [0.25, 0.3) is 0 Å². The van der Waals surface area contributed by atoms with Crippen molar-refractivity contribution in [1.29, 1.82) is 0 Å². The average Bonchev–Trinajstić information content (AvgIpc) is 2.83. The minimum Gasteiger partial charge on any atom is -0.480 e. The van der Waals surface area contributed by atoms with E-state index < -0.39 is 18.4 Å². The summed E-state index contributed by atoms with van der Waals surface area (Å²) in [6.45, 7) is 0. The van der Waals surface area contributed by atoms with Gasteiger partial charge in [0.1, 0.15) is 5.75 Å². The Kier molecular flexibility index (Phi) is 3.84. The lowest BCUT2D eigenvalue weighted by Gasteiger charge is -2.16. The van der Waals surface area contributed by atoms with Crippen LogP contribution in [0.1, 0.15) is 5.56 Å². The van der Waals surface area contributed by atoms with Crippen molar-refractivity contribution < 1.29 is 33.0 Å². The topological polar surface area (TPSA) is 70.0 Å². The summed E-state index contributed by atoms with van der Waals surface area (Å²) in [5.41, 5.74) is 2.30. The van der Waals surface area contributed by atoms with Gasteiger partial charge in [-0.2, -0.15) is 0 Å². The van der Waals surface area contributed by atoms with Gasteiger partial charge in [0.15, 0.2) is 6.04 Å². The van der Waals surface area contributed by atoms with Gasteiger partial charge in [-0.05, 0) is 34.9 Å². The van der Waals surface area contributed by atoms with E-state index in [-0.39, 0.29) is 12.2 Å². The number of rotatable bonds is 3. The number of fused-ring (bicyclic) bond motifs is 1. The summed E-state index contributed by atoms with van der Waals surface area (Å²) < 4.78 is 40.3. The summed E-state index contributed by atoms with van der Waals surface area (Å²) in [5.74, 6) is -1.47. The number of aliphatic carboxylic acids is 1. The Balaban J connectivity index is 1.86. The van der Waals surface area contributed by atoms with Crippen LogP contribution in [0, 0.1) is 0 Å². The zero-order chi connectivity index (χ0) is 17.5. The number of halogens is 3. The van der Waals surface area contributed by atoms with Gasteiger partial charge in [-0.15, -0.1) is 13.2 Å². The van der Waals surface area contributed by atoms with Crippen molar-refractivity contribution in [2.24, 2.45) is 0 Å². The summed E-state index contributed by atoms with van der Waals surface area (Å²) in [6, 6.07) is 9.24. The van der Waals surface area contributed by atoms with Crippen molar-refractivity contribution in [1.82, 2.24) is 0 Å². The second-order valence-electron chi connectivity index (χ2n) is 5.32. The number of carbonyl (C=O) groups is 1. The normalized spacial score (nSPS) is 16.8. The van der Waals surface area contributed by atoms with E-state index in [9.17, 15) is 23.2 Å². The molecule has 1 aliphatic heterocycles. The molecule has 0 aromatic heterocycles. The monoisotopic (exact) mass is 339 g/mol. The Bertz CT molecular complexity index is 774. The molecular weight excluding hydrogens is 327 g/mol. The zero-order valence-electron chi connectivity index (χ0n) is 12.1. The van der Waals surface area contributed by atoms with E-state index >= 15 is 0 Å². The van der Waals surface area contributed by atoms with Crippen LogP contribution in [-0.2, 0) is 11.2 Å². The molecule has 0 radical (unpaired) electrons. The number of alkyl halides is 3. The fourth-order valence-corrected chi connectivity index (χ4v) is 2.63. The molecule has 2 aromatic carbocycles. The first-order valence-corrected chi connectivity index (χ1v) is 6.94. The molecule has 0 saturated carbocycles. The Morgan fingerprint density at radius 2 is 1.75 bits per heavy atom. The highest BCUT2D eigenvalue weighted by atomic mass is 19.4. The Labute approximate surface area is 134 Å². The summed E-state index contributed by atoms with van der Waals surface area (Å²) in [4.78, 5) is 11.1. The van der Waals surface area contributed by atoms with Gasteiger partial charge in [0.05, 0.1) is 5.69 Å². The molecule has 1 heterocycles. The number of carboxylic acids is 1. The molecule has 2 N–H and O–H groups in total. The average molecular weight is 339 g/mol. The van der Waals surface area contributed by atoms with Crippen molar-refractivity contribution in [3.8, 4) is 16.9 Å². The summed E-state index contributed by atoms with van der Waals surface area (Å²) in [7, 11) is 0. The first-order valence-electron chi connectivity index (χ1n) is 6.94. The highest BCUT2D eigenvalue weighted by molar-refractivity contribution is 5.83. The van der Waals surface area contributed by atoms with E-state index in [2.05, 4.69) is 4.74 Å². The lowest BCUT2D eigenvalue weighted by molar-refractivity contribution is -0.274. The van der Waals surface area contributed by atoms with Crippen molar-refractivity contribution in [3.05, 3.63) is 48.0 Å². The number of ether oxygens (including phenoxy) is 1. The predicted octanol–water partition coefficient (Wildman–Crippen LogP) is 3.46. The molecule has 0 bridgehead atoms. The molecule has 0 fully saturated rings. The third kappa shape index (κ3) is 3.13. The summed E-state index contributed by atoms with van der Waals surface area (Å²) >= 11 is 0. The molecule has 0 spiro atoms. The summed E-state index contributed by atoms with van der Waals surface area (Å²) in [5, 5.41) is 19.7. The lowest BCUT2D eigenvalue weighted by atomic mass is 10.0. The molecule has 1 atom stereocenters. The van der Waals surface area contributed by atoms with Gasteiger partial charge in [0.2, 0.25) is 0 Å². The van der Waals surface area contributed by atoms with E-state index in [0.717, 1.165) is 0 Å². The Hall–Kier alpha value is -2.74. The highest BCUT2D eigenvalue weighted by Gasteiger charge is 2.34. The molecule has 2 aromatic rings.